The molecule has 3 aliphatic rings. The SMILES string of the molecule is CN1CCN(C2(C)C=CC(c3cnc4c(c3)C(c3ccc5ncccc5c3)=CC4)=CC2)CC1.[HH]. The molecule has 0 saturated carbocycles. The third-order valence-corrected chi connectivity index (χ3v) is 7.59. The van der Waals surface area contributed by atoms with Crippen molar-refractivity contribution in [3.63, 3.8) is 0 Å². The number of piperazine rings is 1. The molecule has 0 spiro atoms. The van der Waals surface area contributed by atoms with E-state index in [9.17, 15) is 0 Å². The summed E-state index contributed by atoms with van der Waals surface area (Å²) in [7, 11) is 2.22. The molecule has 1 unspecified atom stereocenters. The Morgan fingerprint density at radius 3 is 2.67 bits per heavy atom. The van der Waals surface area contributed by atoms with E-state index in [2.05, 4.69) is 89.6 Å². The Kier molecular flexibility index (Phi) is 5.01. The monoisotopic (exact) mass is 436 g/mol. The molecular formula is C29H32N4. The van der Waals surface area contributed by atoms with Gasteiger partial charge in [0.25, 0.3) is 0 Å². The summed E-state index contributed by atoms with van der Waals surface area (Å²) in [6.45, 7) is 6.94. The van der Waals surface area contributed by atoms with Crippen molar-refractivity contribution in [1.82, 2.24) is 19.8 Å². The van der Waals surface area contributed by atoms with Gasteiger partial charge in [0.15, 0.2) is 0 Å². The Balaban J connectivity index is 0.00000241. The average Bonchev–Trinajstić information content (AvgIpc) is 3.28. The van der Waals surface area contributed by atoms with Gasteiger partial charge in [0.1, 0.15) is 0 Å². The van der Waals surface area contributed by atoms with E-state index in [-0.39, 0.29) is 6.97 Å². The van der Waals surface area contributed by atoms with Gasteiger partial charge >= 0.3 is 0 Å². The van der Waals surface area contributed by atoms with Crippen LogP contribution in [0.1, 0.15) is 37.2 Å². The lowest BCUT2D eigenvalue weighted by molar-refractivity contribution is 0.0804. The number of pyridine rings is 2. The fourth-order valence-electron chi connectivity index (χ4n) is 5.36. The van der Waals surface area contributed by atoms with Gasteiger partial charge in [0.05, 0.1) is 11.2 Å². The van der Waals surface area contributed by atoms with Crippen molar-refractivity contribution in [2.45, 2.75) is 25.3 Å². The molecule has 1 fully saturated rings. The minimum absolute atomic E-state index is 0. The van der Waals surface area contributed by atoms with Crippen LogP contribution in [0.3, 0.4) is 0 Å². The summed E-state index contributed by atoms with van der Waals surface area (Å²) in [4.78, 5) is 14.4. The van der Waals surface area contributed by atoms with Gasteiger partial charge in [-0.2, -0.15) is 0 Å². The predicted molar refractivity (Wildman–Crippen MR) is 138 cm³/mol. The van der Waals surface area contributed by atoms with Crippen LogP contribution >= 0.6 is 0 Å². The summed E-state index contributed by atoms with van der Waals surface area (Å²) in [6.07, 6.45) is 15.3. The Labute approximate surface area is 197 Å². The van der Waals surface area contributed by atoms with Gasteiger partial charge in [0, 0.05) is 68.5 Å². The summed E-state index contributed by atoms with van der Waals surface area (Å²) < 4.78 is 0. The summed E-state index contributed by atoms with van der Waals surface area (Å²) in [5.74, 6) is 0. The summed E-state index contributed by atoms with van der Waals surface area (Å²) >= 11 is 0. The number of hydrogen-bond acceptors (Lipinski definition) is 4. The number of nitrogens with zero attached hydrogens (tertiary/aromatic N) is 4. The lowest BCUT2D eigenvalue weighted by atomic mass is 9.86. The number of aromatic nitrogens is 2. The van der Waals surface area contributed by atoms with E-state index >= 15 is 0 Å². The number of likely N-dealkylation sites (N-methyl/N-ethyl adjacent to an activating group) is 1. The molecule has 168 valence electrons. The molecule has 0 amide bonds. The van der Waals surface area contributed by atoms with Gasteiger partial charge in [-0.05, 0) is 61.4 Å². The molecule has 1 atom stereocenters. The summed E-state index contributed by atoms with van der Waals surface area (Å²) in [5.41, 5.74) is 8.59. The Hall–Kier alpha value is -3.08. The lowest BCUT2D eigenvalue weighted by Gasteiger charge is -2.44. The van der Waals surface area contributed by atoms with E-state index in [1.54, 1.807) is 0 Å². The zero-order valence-electron chi connectivity index (χ0n) is 19.5. The second-order valence-corrected chi connectivity index (χ2v) is 9.80. The third-order valence-electron chi connectivity index (χ3n) is 7.59. The zero-order valence-corrected chi connectivity index (χ0v) is 19.5. The number of fused-ring (bicyclic) bond motifs is 2. The maximum atomic E-state index is 4.85. The first kappa shape index (κ1) is 20.5. The van der Waals surface area contributed by atoms with Crippen LogP contribution in [0.15, 0.2) is 73.1 Å². The van der Waals surface area contributed by atoms with Crippen LogP contribution in [-0.2, 0) is 6.42 Å². The Morgan fingerprint density at radius 1 is 0.970 bits per heavy atom. The third kappa shape index (κ3) is 3.73. The number of allylic oxidation sites excluding steroid dienone is 3. The van der Waals surface area contributed by atoms with Gasteiger partial charge < -0.3 is 4.90 Å². The van der Waals surface area contributed by atoms with Crippen LogP contribution in [0.4, 0.5) is 0 Å². The predicted octanol–water partition coefficient (Wildman–Crippen LogP) is 5.21. The molecule has 6 rings (SSSR count). The van der Waals surface area contributed by atoms with E-state index in [1.807, 2.05) is 12.3 Å². The minimum Gasteiger partial charge on any atom is -0.304 e. The van der Waals surface area contributed by atoms with Crippen LogP contribution in [0.2, 0.25) is 0 Å². The highest BCUT2D eigenvalue weighted by atomic mass is 15.3. The van der Waals surface area contributed by atoms with E-state index in [0.29, 0.717) is 0 Å². The molecule has 3 aromatic rings. The maximum absolute atomic E-state index is 4.85. The zero-order chi connectivity index (χ0) is 22.4. The molecule has 0 radical (unpaired) electrons. The number of benzene rings is 1. The molecule has 1 saturated heterocycles. The van der Waals surface area contributed by atoms with Crippen molar-refractivity contribution in [2.75, 3.05) is 33.2 Å². The van der Waals surface area contributed by atoms with Crippen LogP contribution in [0.25, 0.3) is 22.0 Å². The van der Waals surface area contributed by atoms with Crippen molar-refractivity contribution in [1.29, 1.82) is 0 Å². The maximum Gasteiger partial charge on any atom is 0.0702 e. The molecule has 2 aromatic heterocycles. The van der Waals surface area contributed by atoms with Crippen molar-refractivity contribution in [3.05, 3.63) is 95.5 Å². The van der Waals surface area contributed by atoms with Crippen molar-refractivity contribution in [2.24, 2.45) is 0 Å². The fourth-order valence-corrected chi connectivity index (χ4v) is 5.36. The Bertz CT molecular complexity index is 1320. The van der Waals surface area contributed by atoms with Crippen LogP contribution in [-0.4, -0.2) is 58.5 Å². The van der Waals surface area contributed by atoms with Crippen LogP contribution in [0, 0.1) is 0 Å². The van der Waals surface area contributed by atoms with Gasteiger partial charge in [-0.15, -0.1) is 0 Å². The minimum atomic E-state index is 0. The molecule has 1 aromatic carbocycles. The molecule has 2 aliphatic carbocycles. The van der Waals surface area contributed by atoms with Crippen molar-refractivity contribution < 1.29 is 1.43 Å². The van der Waals surface area contributed by atoms with Crippen molar-refractivity contribution in [3.8, 4) is 0 Å². The first-order valence-corrected chi connectivity index (χ1v) is 12.0. The van der Waals surface area contributed by atoms with Gasteiger partial charge in [-0.3, -0.25) is 14.9 Å². The molecule has 0 bridgehead atoms. The molecule has 0 N–H and O–H groups in total. The first-order chi connectivity index (χ1) is 16.1. The Morgan fingerprint density at radius 2 is 1.85 bits per heavy atom. The van der Waals surface area contributed by atoms with Crippen molar-refractivity contribution >= 4 is 22.0 Å². The molecule has 3 heterocycles. The summed E-state index contributed by atoms with van der Waals surface area (Å²) in [5, 5.41) is 1.18. The van der Waals surface area contributed by atoms with E-state index < -0.39 is 0 Å². The largest absolute Gasteiger partial charge is 0.304 e. The molecule has 4 nitrogen and oxygen atoms in total. The highest BCUT2D eigenvalue weighted by Crippen LogP contribution is 2.36. The number of rotatable bonds is 3. The quantitative estimate of drug-likeness (QED) is 0.564. The normalized spacial score (nSPS) is 23.5. The second kappa shape index (κ2) is 8.05. The molecule has 4 heteroatoms. The fraction of sp³-hybridized carbons (Fsp3) is 0.310. The second-order valence-electron chi connectivity index (χ2n) is 9.80. The molecular weight excluding hydrogens is 404 g/mol. The molecule has 33 heavy (non-hydrogen) atoms. The summed E-state index contributed by atoms with van der Waals surface area (Å²) in [6, 6.07) is 13.0. The van der Waals surface area contributed by atoms with Crippen LogP contribution in [0.5, 0.6) is 0 Å². The molecule has 1 aliphatic heterocycles. The average molecular weight is 437 g/mol. The highest BCUT2D eigenvalue weighted by Gasteiger charge is 2.32. The first-order valence-electron chi connectivity index (χ1n) is 12.0. The van der Waals surface area contributed by atoms with Gasteiger partial charge in [-0.25, -0.2) is 0 Å². The van der Waals surface area contributed by atoms with Gasteiger partial charge in [0.2, 0.25) is 0 Å². The standard InChI is InChI=1S/C29H30N4.H2/c1-29(33-16-14-32(2)15-17-33)11-9-21(10-12-29)24-19-26-25(6-8-28(26)31-20-24)22-5-7-27-23(18-22)4-3-13-30-27;/h3-7,9-11,13,18-20H,8,12,14-17H2,1-2H3;1H. The van der Waals surface area contributed by atoms with E-state index in [4.69, 9.17) is 4.98 Å². The van der Waals surface area contributed by atoms with E-state index in [0.717, 1.165) is 44.5 Å². The highest BCUT2D eigenvalue weighted by molar-refractivity contribution is 5.90. The van der Waals surface area contributed by atoms with Crippen LogP contribution < -0.4 is 0 Å². The topological polar surface area (TPSA) is 32.3 Å². The number of hydrogen-bond donors (Lipinski definition) is 0. The van der Waals surface area contributed by atoms with E-state index in [1.165, 1.54) is 38.9 Å². The smallest absolute Gasteiger partial charge is 0.0702 e. The van der Waals surface area contributed by atoms with Gasteiger partial charge in [-0.1, -0.05) is 36.4 Å². The lowest BCUT2D eigenvalue weighted by Crippen LogP contribution is -2.54.